The van der Waals surface area contributed by atoms with Crippen LogP contribution >= 0.6 is 15.9 Å². The van der Waals surface area contributed by atoms with Gasteiger partial charge in [-0.2, -0.15) is 5.10 Å². The Morgan fingerprint density at radius 2 is 2.25 bits per heavy atom. The zero-order valence-corrected chi connectivity index (χ0v) is 13.4. The molecule has 1 unspecified atom stereocenters. The van der Waals surface area contributed by atoms with Crippen LogP contribution in [0.15, 0.2) is 28.9 Å². The fourth-order valence-corrected chi connectivity index (χ4v) is 2.85. The normalized spacial score (nSPS) is 12.4. The zero-order valence-electron chi connectivity index (χ0n) is 11.9. The predicted molar refractivity (Wildman–Crippen MR) is 82.5 cm³/mol. The summed E-state index contributed by atoms with van der Waals surface area (Å²) in [6, 6.07) is 5.91. The molecule has 0 spiro atoms. The number of nitrogens with one attached hydrogen (secondary N) is 1. The molecule has 5 nitrogen and oxygen atoms in total. The van der Waals surface area contributed by atoms with E-state index in [1.54, 1.807) is 13.3 Å². The molecule has 0 saturated carbocycles. The van der Waals surface area contributed by atoms with Crippen molar-refractivity contribution in [3.05, 3.63) is 45.7 Å². The van der Waals surface area contributed by atoms with Crippen LogP contribution in [0.5, 0.6) is 5.75 Å². The van der Waals surface area contributed by atoms with Crippen LogP contribution < -0.4 is 16.0 Å². The largest absolute Gasteiger partial charge is 0.496 e. The number of rotatable bonds is 5. The Bertz CT molecular complexity index is 597. The van der Waals surface area contributed by atoms with Gasteiger partial charge in [-0.25, -0.2) is 5.43 Å². The maximum atomic E-state index is 5.77. The monoisotopic (exact) mass is 338 g/mol. The molecule has 0 amide bonds. The van der Waals surface area contributed by atoms with Gasteiger partial charge in [0, 0.05) is 6.54 Å². The van der Waals surface area contributed by atoms with Gasteiger partial charge >= 0.3 is 0 Å². The van der Waals surface area contributed by atoms with Crippen molar-refractivity contribution in [2.45, 2.75) is 26.4 Å². The summed E-state index contributed by atoms with van der Waals surface area (Å²) in [5, 5.41) is 4.33. The molecule has 0 radical (unpaired) electrons. The Morgan fingerprint density at radius 3 is 2.80 bits per heavy atom. The number of ether oxygens (including phenoxy) is 1. The van der Waals surface area contributed by atoms with Crippen molar-refractivity contribution in [3.63, 3.8) is 0 Å². The molecule has 20 heavy (non-hydrogen) atoms. The molecule has 108 valence electrons. The van der Waals surface area contributed by atoms with Crippen LogP contribution in [0.4, 0.5) is 0 Å². The van der Waals surface area contributed by atoms with Crippen LogP contribution in [-0.2, 0) is 6.54 Å². The molecule has 1 aromatic heterocycles. The quantitative estimate of drug-likeness (QED) is 0.649. The van der Waals surface area contributed by atoms with Gasteiger partial charge in [0.2, 0.25) is 0 Å². The third-order valence-electron chi connectivity index (χ3n) is 3.33. The Labute approximate surface area is 127 Å². The molecule has 1 heterocycles. The minimum absolute atomic E-state index is 0.128. The lowest BCUT2D eigenvalue weighted by atomic mass is 10.0. The maximum absolute atomic E-state index is 5.77. The van der Waals surface area contributed by atoms with Crippen LogP contribution in [0.25, 0.3) is 0 Å². The summed E-state index contributed by atoms with van der Waals surface area (Å²) in [6.45, 7) is 4.85. The summed E-state index contributed by atoms with van der Waals surface area (Å²) >= 11 is 3.54. The summed E-state index contributed by atoms with van der Waals surface area (Å²) in [5.41, 5.74) is 6.03. The predicted octanol–water partition coefficient (Wildman–Crippen LogP) is 2.54. The second kappa shape index (κ2) is 6.39. The lowest BCUT2D eigenvalue weighted by Gasteiger charge is -2.19. The maximum Gasteiger partial charge on any atom is 0.121 e. The number of nitrogens with two attached hydrogens (primary N) is 1. The molecular formula is C14H19BrN4O. The zero-order chi connectivity index (χ0) is 14.7. The molecule has 0 saturated heterocycles. The second-order valence-corrected chi connectivity index (χ2v) is 5.38. The molecule has 0 aliphatic carbocycles. The van der Waals surface area contributed by atoms with Gasteiger partial charge in [-0.3, -0.25) is 10.5 Å². The van der Waals surface area contributed by atoms with Gasteiger partial charge in [-0.1, -0.05) is 12.1 Å². The number of aromatic nitrogens is 2. The van der Waals surface area contributed by atoms with Gasteiger partial charge < -0.3 is 4.74 Å². The van der Waals surface area contributed by atoms with Crippen LogP contribution in [0.1, 0.15) is 29.8 Å². The van der Waals surface area contributed by atoms with E-state index >= 15 is 0 Å². The van der Waals surface area contributed by atoms with Gasteiger partial charge in [0.15, 0.2) is 0 Å². The van der Waals surface area contributed by atoms with E-state index in [0.29, 0.717) is 0 Å². The van der Waals surface area contributed by atoms with Crippen molar-refractivity contribution in [1.82, 2.24) is 15.2 Å². The molecule has 0 fully saturated rings. The number of methoxy groups -OCH3 is 1. The lowest BCUT2D eigenvalue weighted by molar-refractivity contribution is 0.411. The van der Waals surface area contributed by atoms with Crippen LogP contribution in [-0.4, -0.2) is 16.9 Å². The SMILES string of the molecule is CCn1ncc(Br)c1C(NN)c1ccc(OC)c(C)c1. The summed E-state index contributed by atoms with van der Waals surface area (Å²) in [7, 11) is 1.67. The minimum Gasteiger partial charge on any atom is -0.496 e. The first-order chi connectivity index (χ1) is 9.62. The van der Waals surface area contributed by atoms with Crippen molar-refractivity contribution < 1.29 is 4.74 Å². The Morgan fingerprint density at radius 1 is 1.50 bits per heavy atom. The lowest BCUT2D eigenvalue weighted by Crippen LogP contribution is -2.31. The Hall–Kier alpha value is -1.37. The van der Waals surface area contributed by atoms with Crippen molar-refractivity contribution in [1.29, 1.82) is 0 Å². The summed E-state index contributed by atoms with van der Waals surface area (Å²) in [6.07, 6.45) is 1.79. The molecule has 6 heteroatoms. The third kappa shape index (κ3) is 2.72. The summed E-state index contributed by atoms with van der Waals surface area (Å²) < 4.78 is 8.16. The van der Waals surface area contributed by atoms with E-state index in [2.05, 4.69) is 39.4 Å². The fourth-order valence-electron chi connectivity index (χ4n) is 2.33. The molecule has 0 aliphatic rings. The van der Waals surface area contributed by atoms with E-state index in [9.17, 15) is 0 Å². The third-order valence-corrected chi connectivity index (χ3v) is 3.94. The molecular weight excluding hydrogens is 320 g/mol. The number of aryl methyl sites for hydroxylation is 2. The van der Waals surface area contributed by atoms with E-state index in [0.717, 1.165) is 33.6 Å². The highest BCUT2D eigenvalue weighted by Crippen LogP contribution is 2.30. The molecule has 0 bridgehead atoms. The number of nitrogens with zero attached hydrogens (tertiary/aromatic N) is 2. The van der Waals surface area contributed by atoms with Crippen molar-refractivity contribution >= 4 is 15.9 Å². The van der Waals surface area contributed by atoms with E-state index in [4.69, 9.17) is 10.6 Å². The number of hydrogen-bond donors (Lipinski definition) is 2. The molecule has 3 N–H and O–H groups in total. The van der Waals surface area contributed by atoms with E-state index < -0.39 is 0 Å². The van der Waals surface area contributed by atoms with Crippen molar-refractivity contribution in [3.8, 4) is 5.75 Å². The van der Waals surface area contributed by atoms with Crippen LogP contribution in [0, 0.1) is 6.92 Å². The number of halogens is 1. The standard InChI is InChI=1S/C14H19BrN4O/c1-4-19-14(11(15)8-17-19)13(18-16)10-5-6-12(20-3)9(2)7-10/h5-8,13,18H,4,16H2,1-3H3. The van der Waals surface area contributed by atoms with Crippen LogP contribution in [0.2, 0.25) is 0 Å². The molecule has 2 rings (SSSR count). The Kier molecular flexibility index (Phi) is 4.80. The first-order valence-corrected chi connectivity index (χ1v) is 7.23. The highest BCUT2D eigenvalue weighted by atomic mass is 79.9. The number of hydrogen-bond acceptors (Lipinski definition) is 4. The molecule has 0 aliphatic heterocycles. The molecule has 1 aromatic carbocycles. The summed E-state index contributed by atoms with van der Waals surface area (Å²) in [4.78, 5) is 0. The minimum atomic E-state index is -0.128. The van der Waals surface area contributed by atoms with Gasteiger partial charge in [0.1, 0.15) is 5.75 Å². The average molecular weight is 339 g/mol. The van der Waals surface area contributed by atoms with E-state index in [-0.39, 0.29) is 6.04 Å². The first-order valence-electron chi connectivity index (χ1n) is 6.44. The second-order valence-electron chi connectivity index (χ2n) is 4.52. The summed E-state index contributed by atoms with van der Waals surface area (Å²) in [5.74, 6) is 6.63. The first kappa shape index (κ1) is 15.0. The highest BCUT2D eigenvalue weighted by Gasteiger charge is 2.21. The smallest absolute Gasteiger partial charge is 0.121 e. The van der Waals surface area contributed by atoms with Crippen LogP contribution in [0.3, 0.4) is 0 Å². The molecule has 2 aromatic rings. The highest BCUT2D eigenvalue weighted by molar-refractivity contribution is 9.10. The number of hydrazine groups is 1. The van der Waals surface area contributed by atoms with Gasteiger partial charge in [0.25, 0.3) is 0 Å². The topological polar surface area (TPSA) is 65.1 Å². The van der Waals surface area contributed by atoms with E-state index in [1.165, 1.54) is 0 Å². The van der Waals surface area contributed by atoms with Crippen molar-refractivity contribution in [2.24, 2.45) is 5.84 Å². The van der Waals surface area contributed by atoms with Gasteiger partial charge in [-0.15, -0.1) is 0 Å². The van der Waals surface area contributed by atoms with Gasteiger partial charge in [0.05, 0.1) is 29.5 Å². The average Bonchev–Trinajstić information content (AvgIpc) is 2.81. The van der Waals surface area contributed by atoms with E-state index in [1.807, 2.05) is 23.7 Å². The molecule has 1 atom stereocenters. The number of benzene rings is 1. The van der Waals surface area contributed by atoms with Crippen molar-refractivity contribution in [2.75, 3.05) is 7.11 Å². The fraction of sp³-hybridized carbons (Fsp3) is 0.357. The Balaban J connectivity index is 2.47. The van der Waals surface area contributed by atoms with Gasteiger partial charge in [-0.05, 0) is 47.0 Å².